The molecule has 2 amide bonds. The Morgan fingerprint density at radius 3 is 2.69 bits per heavy atom. The van der Waals surface area contributed by atoms with E-state index in [1.54, 1.807) is 36.4 Å². The zero-order valence-corrected chi connectivity index (χ0v) is 17.8. The summed E-state index contributed by atoms with van der Waals surface area (Å²) < 4.78 is 10.5. The number of ether oxygens (including phenoxy) is 2. The van der Waals surface area contributed by atoms with Crippen molar-refractivity contribution in [2.75, 3.05) is 17.7 Å². The van der Waals surface area contributed by atoms with Crippen LogP contribution in [0.5, 0.6) is 5.75 Å². The topological polar surface area (TPSA) is 105 Å². The first kappa shape index (κ1) is 21.2. The van der Waals surface area contributed by atoms with Crippen LogP contribution in [0.3, 0.4) is 0 Å². The number of carbonyl (C=O) groups is 2. The lowest BCUT2D eigenvalue weighted by atomic mass is 10.2. The lowest BCUT2D eigenvalue weighted by Gasteiger charge is -2.09. The van der Waals surface area contributed by atoms with E-state index in [-0.39, 0.29) is 0 Å². The Kier molecular flexibility index (Phi) is 6.23. The number of benzene rings is 3. The molecule has 4 aromatic rings. The molecule has 0 unspecified atom stereocenters. The fraction of sp³-hybridized carbons (Fsp3) is 0.0870. The van der Waals surface area contributed by atoms with Gasteiger partial charge in [0.15, 0.2) is 5.82 Å². The van der Waals surface area contributed by atoms with Gasteiger partial charge < -0.3 is 14.8 Å². The number of nitrogens with zero attached hydrogens (tertiary/aromatic N) is 1. The highest BCUT2D eigenvalue weighted by Crippen LogP contribution is 2.27. The molecule has 8 nitrogen and oxygen atoms in total. The number of anilines is 2. The average Bonchev–Trinajstić information content (AvgIpc) is 3.20. The van der Waals surface area contributed by atoms with Gasteiger partial charge in [0.05, 0.1) is 18.2 Å². The number of carbonyl (C=O) groups excluding carboxylic acids is 2. The van der Waals surface area contributed by atoms with E-state index in [2.05, 4.69) is 20.8 Å². The minimum atomic E-state index is -0.511. The van der Waals surface area contributed by atoms with Crippen LogP contribution in [-0.2, 0) is 11.3 Å². The maximum absolute atomic E-state index is 12.5. The van der Waals surface area contributed by atoms with Crippen molar-refractivity contribution in [3.05, 3.63) is 82.9 Å². The third kappa shape index (κ3) is 4.81. The van der Waals surface area contributed by atoms with Gasteiger partial charge in [-0.2, -0.15) is 5.10 Å². The van der Waals surface area contributed by atoms with Gasteiger partial charge in [-0.25, -0.2) is 9.59 Å². The van der Waals surface area contributed by atoms with Crippen molar-refractivity contribution in [1.82, 2.24) is 10.2 Å². The van der Waals surface area contributed by atoms with Crippen LogP contribution in [0.1, 0.15) is 15.9 Å². The predicted octanol–water partition coefficient (Wildman–Crippen LogP) is 5.23. The third-order valence-electron chi connectivity index (χ3n) is 4.66. The molecule has 1 heterocycles. The van der Waals surface area contributed by atoms with Crippen LogP contribution < -0.4 is 15.4 Å². The van der Waals surface area contributed by atoms with Crippen LogP contribution in [0.2, 0.25) is 5.02 Å². The van der Waals surface area contributed by atoms with E-state index in [0.29, 0.717) is 39.8 Å². The summed E-state index contributed by atoms with van der Waals surface area (Å²) in [7, 11) is 1.30. The van der Waals surface area contributed by atoms with E-state index in [0.717, 1.165) is 11.1 Å². The van der Waals surface area contributed by atoms with E-state index in [1.165, 1.54) is 13.2 Å². The number of hydrogen-bond donors (Lipinski definition) is 3. The van der Waals surface area contributed by atoms with Crippen molar-refractivity contribution in [2.45, 2.75) is 6.61 Å². The minimum Gasteiger partial charge on any atom is -0.489 e. The lowest BCUT2D eigenvalue weighted by molar-refractivity contribution is 0.0600. The molecular formula is C23H19ClN4O4. The van der Waals surface area contributed by atoms with Crippen LogP contribution in [0, 0.1) is 0 Å². The van der Waals surface area contributed by atoms with Gasteiger partial charge in [-0.1, -0.05) is 35.9 Å². The van der Waals surface area contributed by atoms with Gasteiger partial charge in [0.2, 0.25) is 0 Å². The highest BCUT2D eigenvalue weighted by molar-refractivity contribution is 6.31. The second kappa shape index (κ2) is 9.40. The monoisotopic (exact) mass is 450 g/mol. The van der Waals surface area contributed by atoms with Gasteiger partial charge in [-0.15, -0.1) is 0 Å². The quantitative estimate of drug-likeness (QED) is 0.349. The molecule has 0 bridgehead atoms. The molecule has 0 aliphatic rings. The van der Waals surface area contributed by atoms with Crippen molar-refractivity contribution in [3.8, 4) is 5.75 Å². The molecule has 0 radical (unpaired) electrons. The van der Waals surface area contributed by atoms with Crippen molar-refractivity contribution in [1.29, 1.82) is 0 Å². The molecule has 1 aromatic heterocycles. The number of methoxy groups -OCH3 is 1. The number of urea groups is 1. The van der Waals surface area contributed by atoms with E-state index in [1.807, 2.05) is 24.3 Å². The maximum atomic E-state index is 12.5. The fourth-order valence-electron chi connectivity index (χ4n) is 3.07. The summed E-state index contributed by atoms with van der Waals surface area (Å²) in [5.41, 5.74) is 2.37. The molecule has 4 rings (SSSR count). The summed E-state index contributed by atoms with van der Waals surface area (Å²) in [4.78, 5) is 24.1. The first-order valence-corrected chi connectivity index (χ1v) is 10.0. The summed E-state index contributed by atoms with van der Waals surface area (Å²) in [6.07, 6.45) is 0. The molecular weight excluding hydrogens is 432 g/mol. The zero-order chi connectivity index (χ0) is 22.5. The number of H-pyrrole nitrogens is 1. The smallest absolute Gasteiger partial charge is 0.337 e. The minimum absolute atomic E-state index is 0.308. The number of amides is 2. The standard InChI is InChI=1S/C23H19ClN4O4/c1-31-22(29)14-6-4-7-16(11-14)25-23(30)26-21-18-12-17(9-10-20(18)27-28-21)32-13-15-5-2-3-8-19(15)24/h2-12H,13H2,1H3,(H3,25,26,27,28,30). The third-order valence-corrected chi connectivity index (χ3v) is 5.03. The number of hydrogen-bond acceptors (Lipinski definition) is 5. The van der Waals surface area contributed by atoms with Crippen LogP contribution in [0.4, 0.5) is 16.3 Å². The number of aromatic amines is 1. The molecule has 3 aromatic carbocycles. The summed E-state index contributed by atoms with van der Waals surface area (Å²) in [6.45, 7) is 0.308. The highest BCUT2D eigenvalue weighted by Gasteiger charge is 2.12. The Hall–Kier alpha value is -4.04. The number of nitrogens with one attached hydrogen (secondary N) is 3. The van der Waals surface area contributed by atoms with Crippen molar-refractivity contribution >= 4 is 46.0 Å². The molecule has 0 spiro atoms. The van der Waals surface area contributed by atoms with E-state index >= 15 is 0 Å². The Morgan fingerprint density at radius 2 is 1.88 bits per heavy atom. The van der Waals surface area contributed by atoms with Crippen LogP contribution >= 0.6 is 11.6 Å². The van der Waals surface area contributed by atoms with E-state index < -0.39 is 12.0 Å². The van der Waals surface area contributed by atoms with Gasteiger partial charge in [0.25, 0.3) is 0 Å². The molecule has 0 saturated heterocycles. The molecule has 9 heteroatoms. The lowest BCUT2D eigenvalue weighted by Crippen LogP contribution is -2.20. The molecule has 162 valence electrons. The Balaban J connectivity index is 1.46. The number of rotatable bonds is 6. The molecule has 0 aliphatic carbocycles. The molecule has 0 aliphatic heterocycles. The van der Waals surface area contributed by atoms with Gasteiger partial charge in [-0.3, -0.25) is 10.4 Å². The second-order valence-electron chi connectivity index (χ2n) is 6.81. The number of aromatic nitrogens is 2. The van der Waals surface area contributed by atoms with Crippen LogP contribution in [0.15, 0.2) is 66.7 Å². The molecule has 0 fully saturated rings. The van der Waals surface area contributed by atoms with Gasteiger partial charge in [-0.05, 0) is 42.5 Å². The van der Waals surface area contributed by atoms with E-state index in [9.17, 15) is 9.59 Å². The SMILES string of the molecule is COC(=O)c1cccc(NC(=O)Nc2n[nH]c3ccc(OCc4ccccc4Cl)cc23)c1. The summed E-state index contributed by atoms with van der Waals surface area (Å²) >= 11 is 6.18. The largest absolute Gasteiger partial charge is 0.489 e. The van der Waals surface area contributed by atoms with E-state index in [4.69, 9.17) is 21.1 Å². The fourth-order valence-corrected chi connectivity index (χ4v) is 3.26. The summed E-state index contributed by atoms with van der Waals surface area (Å²) in [5.74, 6) is 0.453. The normalized spacial score (nSPS) is 10.6. The number of halogens is 1. The summed E-state index contributed by atoms with van der Waals surface area (Å²) in [6, 6.07) is 18.8. The van der Waals surface area contributed by atoms with Crippen molar-refractivity contribution < 1.29 is 19.1 Å². The number of fused-ring (bicyclic) bond motifs is 1. The average molecular weight is 451 g/mol. The highest BCUT2D eigenvalue weighted by atomic mass is 35.5. The molecule has 32 heavy (non-hydrogen) atoms. The Bertz CT molecular complexity index is 1290. The second-order valence-corrected chi connectivity index (χ2v) is 7.22. The van der Waals surface area contributed by atoms with Gasteiger partial charge in [0, 0.05) is 21.7 Å². The molecule has 3 N–H and O–H groups in total. The summed E-state index contributed by atoms with van der Waals surface area (Å²) in [5, 5.41) is 13.7. The number of esters is 1. The Labute approximate surface area is 188 Å². The first-order valence-electron chi connectivity index (χ1n) is 9.64. The van der Waals surface area contributed by atoms with Crippen molar-refractivity contribution in [3.63, 3.8) is 0 Å². The molecule has 0 atom stereocenters. The molecule has 0 saturated carbocycles. The van der Waals surface area contributed by atoms with Gasteiger partial charge >= 0.3 is 12.0 Å². The van der Waals surface area contributed by atoms with Gasteiger partial charge in [0.1, 0.15) is 12.4 Å². The van der Waals surface area contributed by atoms with Crippen LogP contribution in [0.25, 0.3) is 10.9 Å². The van der Waals surface area contributed by atoms with Crippen molar-refractivity contribution in [2.24, 2.45) is 0 Å². The van der Waals surface area contributed by atoms with Crippen LogP contribution in [-0.4, -0.2) is 29.3 Å². The zero-order valence-electron chi connectivity index (χ0n) is 17.0. The Morgan fingerprint density at radius 1 is 1.03 bits per heavy atom. The maximum Gasteiger partial charge on any atom is 0.337 e. The first-order chi connectivity index (χ1) is 15.5. The predicted molar refractivity (Wildman–Crippen MR) is 122 cm³/mol.